The molecule has 3 rings (SSSR count). The molecule has 3 amide bonds. The summed E-state index contributed by atoms with van der Waals surface area (Å²) in [5, 5.41) is 10.7. The molecule has 1 aromatic heterocycles. The molecule has 234 valence electrons. The van der Waals surface area contributed by atoms with Gasteiger partial charge in [0.1, 0.15) is 12.1 Å². The number of halogens is 3. The van der Waals surface area contributed by atoms with Crippen LogP contribution in [0.5, 0.6) is 0 Å². The fourth-order valence-corrected chi connectivity index (χ4v) is 4.22. The van der Waals surface area contributed by atoms with Crippen molar-refractivity contribution >= 4 is 40.2 Å². The Morgan fingerprint density at radius 3 is 2.33 bits per heavy atom. The number of fused-ring (bicyclic) bond motifs is 1. The summed E-state index contributed by atoms with van der Waals surface area (Å²) in [5.74, 6) is -3.06. The zero-order valence-electron chi connectivity index (χ0n) is 24.7. The topological polar surface area (TPSA) is 145 Å². The number of carbonyl (C=O) groups is 4. The van der Waals surface area contributed by atoms with E-state index in [0.29, 0.717) is 16.5 Å². The van der Waals surface area contributed by atoms with Crippen LogP contribution < -0.4 is 21.3 Å². The van der Waals surface area contributed by atoms with Gasteiger partial charge < -0.3 is 26.3 Å². The van der Waals surface area contributed by atoms with Crippen molar-refractivity contribution in [2.45, 2.75) is 65.2 Å². The number of nitrogens with zero attached hydrogens (tertiary/aromatic N) is 1. The molecule has 43 heavy (non-hydrogen) atoms. The summed E-state index contributed by atoms with van der Waals surface area (Å²) in [7, 11) is 0. The van der Waals surface area contributed by atoms with Gasteiger partial charge in [0.25, 0.3) is 5.78 Å². The van der Waals surface area contributed by atoms with Crippen molar-refractivity contribution in [3.05, 3.63) is 59.8 Å². The SMILES string of the molecule is C/C=C\C(=C/C)CC(NC(=O)CC)C(=O)NCC(=O)NC(Cc1c[nH]c2ccccc12)C(=O)C(F)(F)F.CC1=NCCN1. The first-order chi connectivity index (χ1) is 20.4. The minimum absolute atomic E-state index is 0.133. The summed E-state index contributed by atoms with van der Waals surface area (Å²) in [6.07, 6.45) is 1.50. The number of para-hydroxylation sites is 1. The van der Waals surface area contributed by atoms with Gasteiger partial charge in [-0.2, -0.15) is 13.2 Å². The highest BCUT2D eigenvalue weighted by Gasteiger charge is 2.44. The molecule has 0 bridgehead atoms. The zero-order valence-corrected chi connectivity index (χ0v) is 24.7. The molecule has 0 radical (unpaired) electrons. The number of aromatic amines is 1. The van der Waals surface area contributed by atoms with Crippen LogP contribution >= 0.6 is 0 Å². The molecule has 1 aliphatic rings. The van der Waals surface area contributed by atoms with Crippen LogP contribution in [-0.2, 0) is 25.6 Å². The van der Waals surface area contributed by atoms with E-state index in [1.54, 1.807) is 63.3 Å². The van der Waals surface area contributed by atoms with Gasteiger partial charge in [-0.3, -0.25) is 24.2 Å². The second-order valence-corrected chi connectivity index (χ2v) is 9.70. The van der Waals surface area contributed by atoms with Crippen LogP contribution in [0.2, 0.25) is 0 Å². The largest absolute Gasteiger partial charge is 0.452 e. The lowest BCUT2D eigenvalue weighted by molar-refractivity contribution is -0.173. The summed E-state index contributed by atoms with van der Waals surface area (Å²) in [6, 6.07) is 3.99. The molecule has 2 heterocycles. The number of hydrogen-bond donors (Lipinski definition) is 5. The smallest absolute Gasteiger partial charge is 0.372 e. The fraction of sp³-hybridized carbons (Fsp3) is 0.433. The number of ketones is 1. The summed E-state index contributed by atoms with van der Waals surface area (Å²) in [5.41, 5.74) is 1.86. The maximum absolute atomic E-state index is 13.3. The minimum atomic E-state index is -5.17. The van der Waals surface area contributed by atoms with E-state index in [9.17, 15) is 32.3 Å². The highest BCUT2D eigenvalue weighted by Crippen LogP contribution is 2.23. The molecule has 2 atom stereocenters. The van der Waals surface area contributed by atoms with Gasteiger partial charge >= 0.3 is 6.18 Å². The molecule has 0 saturated heterocycles. The van der Waals surface area contributed by atoms with E-state index < -0.39 is 48.8 Å². The van der Waals surface area contributed by atoms with Gasteiger partial charge in [0.15, 0.2) is 0 Å². The highest BCUT2D eigenvalue weighted by atomic mass is 19.4. The van der Waals surface area contributed by atoms with Crippen molar-refractivity contribution in [2.24, 2.45) is 4.99 Å². The van der Waals surface area contributed by atoms with E-state index in [-0.39, 0.29) is 18.7 Å². The number of nitrogens with one attached hydrogen (secondary N) is 5. The van der Waals surface area contributed by atoms with Crippen LogP contribution in [0.1, 0.15) is 46.1 Å². The first-order valence-corrected chi connectivity index (χ1v) is 13.9. The first-order valence-electron chi connectivity index (χ1n) is 13.9. The number of allylic oxidation sites excluding steroid dienone is 3. The van der Waals surface area contributed by atoms with E-state index in [4.69, 9.17) is 0 Å². The van der Waals surface area contributed by atoms with Crippen LogP contribution in [0.15, 0.2) is 59.3 Å². The Balaban J connectivity index is 0.000000953. The van der Waals surface area contributed by atoms with Crippen LogP contribution in [0.4, 0.5) is 13.2 Å². The summed E-state index contributed by atoms with van der Waals surface area (Å²) < 4.78 is 39.8. The number of benzene rings is 1. The molecule has 0 saturated carbocycles. The minimum Gasteiger partial charge on any atom is -0.372 e. The van der Waals surface area contributed by atoms with Crippen molar-refractivity contribution in [2.75, 3.05) is 19.6 Å². The van der Waals surface area contributed by atoms with Gasteiger partial charge in [0.2, 0.25) is 17.7 Å². The van der Waals surface area contributed by atoms with E-state index in [0.717, 1.165) is 24.5 Å². The summed E-state index contributed by atoms with van der Waals surface area (Å²) in [4.78, 5) is 56.2. The molecule has 0 aliphatic carbocycles. The van der Waals surface area contributed by atoms with E-state index in [2.05, 4.69) is 31.2 Å². The Hall–Kier alpha value is -4.42. The molecule has 5 N–H and O–H groups in total. The third-order valence-electron chi connectivity index (χ3n) is 6.46. The number of aromatic nitrogens is 1. The Morgan fingerprint density at radius 2 is 1.77 bits per heavy atom. The second kappa shape index (κ2) is 16.9. The monoisotopic (exact) mass is 604 g/mol. The maximum atomic E-state index is 13.3. The molecular formula is C30H39F3N6O4. The van der Waals surface area contributed by atoms with Crippen LogP contribution in [-0.4, -0.2) is 72.2 Å². The number of hydrogen-bond acceptors (Lipinski definition) is 6. The van der Waals surface area contributed by atoms with E-state index >= 15 is 0 Å². The number of amidine groups is 1. The average Bonchev–Trinajstić information content (AvgIpc) is 3.63. The normalized spacial score (nSPS) is 14.7. The first kappa shape index (κ1) is 34.8. The fourth-order valence-electron chi connectivity index (χ4n) is 4.22. The Morgan fingerprint density at radius 1 is 1.07 bits per heavy atom. The van der Waals surface area contributed by atoms with Gasteiger partial charge in [0.05, 0.1) is 18.9 Å². The molecule has 10 nitrogen and oxygen atoms in total. The highest BCUT2D eigenvalue weighted by molar-refractivity contribution is 5.95. The molecule has 2 aromatic rings. The third kappa shape index (κ3) is 11.4. The average molecular weight is 605 g/mol. The number of alkyl halides is 3. The number of amides is 3. The Labute approximate surface area is 248 Å². The van der Waals surface area contributed by atoms with Crippen LogP contribution in [0.25, 0.3) is 10.9 Å². The predicted molar refractivity (Wildman–Crippen MR) is 159 cm³/mol. The molecular weight excluding hydrogens is 565 g/mol. The quantitative estimate of drug-likeness (QED) is 0.236. The van der Waals surface area contributed by atoms with E-state index in [1.165, 1.54) is 6.20 Å². The van der Waals surface area contributed by atoms with Gasteiger partial charge in [-0.05, 0) is 32.4 Å². The Kier molecular flexibility index (Phi) is 13.7. The lowest BCUT2D eigenvalue weighted by Gasteiger charge is -2.21. The van der Waals surface area contributed by atoms with Crippen molar-refractivity contribution in [3.8, 4) is 0 Å². The zero-order chi connectivity index (χ0) is 32.0. The number of rotatable bonds is 12. The van der Waals surface area contributed by atoms with E-state index in [1.807, 2.05) is 6.92 Å². The number of aliphatic imine (C=N–C) groups is 1. The van der Waals surface area contributed by atoms with Gasteiger partial charge in [-0.15, -0.1) is 0 Å². The standard InChI is InChI=1S/C26H31F3N4O4.C4H8N2/c1-4-9-16(5-2)12-21(33-22(34)6-3)25(37)31-15-23(35)32-20(24(36)26(27,28)29)13-17-14-30-19-11-8-7-10-18(17)19;1-4-5-2-3-6-4/h4-5,7-11,14,20-21,30H,6,12-13,15H2,1-3H3,(H,31,37)(H,32,35)(H,33,34);2-3H2,1H3,(H,5,6)/b9-4-,16-5+;. The predicted octanol–water partition coefficient (Wildman–Crippen LogP) is 3.26. The second-order valence-electron chi connectivity index (χ2n) is 9.70. The molecule has 0 fully saturated rings. The third-order valence-corrected chi connectivity index (χ3v) is 6.46. The Bertz CT molecular complexity index is 1360. The number of Topliss-reactive ketones (excluding diaryl/α,β-unsaturated/α-hetero) is 1. The van der Waals surface area contributed by atoms with Crippen molar-refractivity contribution in [1.29, 1.82) is 0 Å². The summed E-state index contributed by atoms with van der Waals surface area (Å²) >= 11 is 0. The van der Waals surface area contributed by atoms with Gasteiger partial charge in [-0.25, -0.2) is 0 Å². The molecule has 1 aromatic carbocycles. The molecule has 2 unspecified atom stereocenters. The van der Waals surface area contributed by atoms with Crippen molar-refractivity contribution in [1.82, 2.24) is 26.3 Å². The van der Waals surface area contributed by atoms with Gasteiger partial charge in [0, 0.05) is 42.9 Å². The van der Waals surface area contributed by atoms with Crippen LogP contribution in [0, 0.1) is 0 Å². The molecule has 13 heteroatoms. The maximum Gasteiger partial charge on any atom is 0.452 e. The lowest BCUT2D eigenvalue weighted by Crippen LogP contribution is -2.52. The van der Waals surface area contributed by atoms with Crippen LogP contribution in [0.3, 0.4) is 0 Å². The number of H-pyrrole nitrogens is 1. The van der Waals surface area contributed by atoms with Crippen molar-refractivity contribution in [3.63, 3.8) is 0 Å². The molecule has 1 aliphatic heterocycles. The lowest BCUT2D eigenvalue weighted by atomic mass is 10.0. The van der Waals surface area contributed by atoms with Crippen molar-refractivity contribution < 1.29 is 32.3 Å². The number of carbonyl (C=O) groups excluding carboxylic acids is 4. The summed E-state index contributed by atoms with van der Waals surface area (Å²) in [6.45, 7) is 8.48. The molecule has 0 spiro atoms. The van der Waals surface area contributed by atoms with Gasteiger partial charge in [-0.1, -0.05) is 48.9 Å².